The van der Waals surface area contributed by atoms with Crippen molar-refractivity contribution in [1.29, 1.82) is 0 Å². The maximum atomic E-state index is 14.3. The van der Waals surface area contributed by atoms with Gasteiger partial charge < -0.3 is 4.74 Å². The summed E-state index contributed by atoms with van der Waals surface area (Å²) < 4.78 is 33.7. The minimum absolute atomic E-state index is 0.0841. The van der Waals surface area contributed by atoms with E-state index < -0.39 is 23.4 Å². The first-order chi connectivity index (χ1) is 16.3. The van der Waals surface area contributed by atoms with Crippen molar-refractivity contribution in [2.24, 2.45) is 0 Å². The van der Waals surface area contributed by atoms with Crippen LogP contribution in [-0.2, 0) is 16.2 Å². The highest BCUT2D eigenvalue weighted by molar-refractivity contribution is 7.80. The van der Waals surface area contributed by atoms with E-state index in [4.69, 9.17) is 40.2 Å². The highest BCUT2D eigenvalue weighted by atomic mass is 35.5. The third-order valence-electron chi connectivity index (χ3n) is 4.86. The summed E-state index contributed by atoms with van der Waals surface area (Å²) >= 11 is 17.7. The van der Waals surface area contributed by atoms with Crippen molar-refractivity contribution in [3.05, 3.63) is 99.0 Å². The molecule has 0 saturated carbocycles. The summed E-state index contributed by atoms with van der Waals surface area (Å²) in [5.41, 5.74) is 0.225. The van der Waals surface area contributed by atoms with Crippen molar-refractivity contribution in [2.75, 3.05) is 4.90 Å². The number of hydrogen-bond donors (Lipinski definition) is 1. The van der Waals surface area contributed by atoms with Gasteiger partial charge in [-0.05, 0) is 54.2 Å². The largest absolute Gasteiger partial charge is 0.486 e. The number of ether oxygens (including phenoxy) is 1. The Morgan fingerprint density at radius 3 is 2.24 bits per heavy atom. The highest BCUT2D eigenvalue weighted by Gasteiger charge is 2.35. The number of hydrogen-bond acceptors (Lipinski definition) is 4. The summed E-state index contributed by atoms with van der Waals surface area (Å²) in [5, 5.41) is 2.30. The Kier molecular flexibility index (Phi) is 6.92. The Bertz CT molecular complexity index is 1340. The summed E-state index contributed by atoms with van der Waals surface area (Å²) in [7, 11) is 0. The van der Waals surface area contributed by atoms with E-state index in [9.17, 15) is 18.4 Å². The second-order valence-electron chi connectivity index (χ2n) is 7.10. The van der Waals surface area contributed by atoms with Crippen LogP contribution in [0.4, 0.5) is 14.5 Å². The number of amides is 2. The van der Waals surface area contributed by atoms with Crippen molar-refractivity contribution in [1.82, 2.24) is 5.32 Å². The molecule has 10 heteroatoms. The molecule has 34 heavy (non-hydrogen) atoms. The predicted octanol–water partition coefficient (Wildman–Crippen LogP) is 5.68. The molecule has 1 fully saturated rings. The van der Waals surface area contributed by atoms with Gasteiger partial charge in [-0.15, -0.1) is 0 Å². The molecular formula is C24H14Cl2F2N2O3S. The standard InChI is InChI=1S/C24H14Cl2F2N2O3S/c25-16-10-13(11-17(26)21(16)33-12-14-5-1-2-6-18(14)27)9-15-22(31)29-24(34)30(23(15)32)20-8-4-3-7-19(20)28/h1-11H,12H2,(H,29,31,34)/b15-9+. The van der Waals surface area contributed by atoms with Gasteiger partial charge in [-0.2, -0.15) is 0 Å². The van der Waals surface area contributed by atoms with Gasteiger partial charge in [-0.3, -0.25) is 14.9 Å². The second kappa shape index (κ2) is 9.89. The van der Waals surface area contributed by atoms with Crippen LogP contribution in [0, 0.1) is 11.6 Å². The Labute approximate surface area is 208 Å². The molecule has 3 aromatic carbocycles. The van der Waals surface area contributed by atoms with E-state index in [0.29, 0.717) is 11.1 Å². The van der Waals surface area contributed by atoms with Gasteiger partial charge >= 0.3 is 0 Å². The van der Waals surface area contributed by atoms with Crippen LogP contribution >= 0.6 is 35.4 Å². The fourth-order valence-electron chi connectivity index (χ4n) is 3.24. The van der Waals surface area contributed by atoms with Gasteiger partial charge in [-0.1, -0.05) is 53.5 Å². The molecular weight excluding hydrogens is 505 g/mol. The molecule has 2 amide bonds. The summed E-state index contributed by atoms with van der Waals surface area (Å²) in [6.07, 6.45) is 1.26. The fraction of sp³-hybridized carbons (Fsp3) is 0.0417. The fourth-order valence-corrected chi connectivity index (χ4v) is 4.13. The number of carbonyl (C=O) groups excluding carboxylic acids is 2. The molecule has 1 N–H and O–H groups in total. The zero-order chi connectivity index (χ0) is 24.4. The van der Waals surface area contributed by atoms with Gasteiger partial charge in [0.15, 0.2) is 10.9 Å². The molecule has 5 nitrogen and oxygen atoms in total. The summed E-state index contributed by atoms with van der Waals surface area (Å²) in [5.74, 6) is -2.57. The normalized spacial score (nSPS) is 15.0. The molecule has 1 aliphatic rings. The van der Waals surface area contributed by atoms with Gasteiger partial charge in [0, 0.05) is 5.56 Å². The van der Waals surface area contributed by atoms with Crippen molar-refractivity contribution in [3.63, 3.8) is 0 Å². The van der Waals surface area contributed by atoms with Crippen LogP contribution in [0.2, 0.25) is 10.0 Å². The first-order valence-corrected chi connectivity index (χ1v) is 10.9. The molecule has 0 atom stereocenters. The molecule has 1 heterocycles. The molecule has 0 aliphatic carbocycles. The number of halogens is 4. The van der Waals surface area contributed by atoms with Crippen molar-refractivity contribution < 1.29 is 23.1 Å². The SMILES string of the molecule is O=C1NC(=S)N(c2ccccc2F)C(=O)/C1=C/c1cc(Cl)c(OCc2ccccc2F)c(Cl)c1. The molecule has 0 spiro atoms. The third-order valence-corrected chi connectivity index (χ3v) is 5.70. The molecule has 1 saturated heterocycles. The van der Waals surface area contributed by atoms with Crippen LogP contribution in [0.15, 0.2) is 66.2 Å². The molecule has 4 rings (SSSR count). The number of carbonyl (C=O) groups is 2. The van der Waals surface area contributed by atoms with E-state index in [2.05, 4.69) is 5.32 Å². The Hall–Kier alpha value is -3.33. The topological polar surface area (TPSA) is 58.6 Å². The number of anilines is 1. The quantitative estimate of drug-likeness (QED) is 0.268. The number of rotatable bonds is 5. The molecule has 172 valence electrons. The van der Waals surface area contributed by atoms with Crippen LogP contribution in [0.3, 0.4) is 0 Å². The van der Waals surface area contributed by atoms with Crippen LogP contribution in [0.1, 0.15) is 11.1 Å². The van der Waals surface area contributed by atoms with Crippen molar-refractivity contribution >= 4 is 64.1 Å². The molecule has 3 aromatic rings. The van der Waals surface area contributed by atoms with Gasteiger partial charge in [0.25, 0.3) is 11.8 Å². The second-order valence-corrected chi connectivity index (χ2v) is 8.30. The molecule has 1 aliphatic heterocycles. The van der Waals surface area contributed by atoms with E-state index in [1.54, 1.807) is 18.2 Å². The third kappa shape index (κ3) is 4.79. The number of thiocarbonyl (C=S) groups is 1. The Morgan fingerprint density at radius 1 is 0.971 bits per heavy atom. The lowest BCUT2D eigenvalue weighted by Crippen LogP contribution is -2.54. The van der Waals surface area contributed by atoms with Gasteiger partial charge in [-0.25, -0.2) is 13.7 Å². The average molecular weight is 519 g/mol. The van der Waals surface area contributed by atoms with Crippen LogP contribution in [0.25, 0.3) is 6.08 Å². The Morgan fingerprint density at radius 2 is 1.59 bits per heavy atom. The van der Waals surface area contributed by atoms with Gasteiger partial charge in [0.2, 0.25) is 0 Å². The van der Waals surface area contributed by atoms with Crippen LogP contribution < -0.4 is 15.0 Å². The maximum absolute atomic E-state index is 14.3. The average Bonchev–Trinajstić information content (AvgIpc) is 2.78. The smallest absolute Gasteiger partial charge is 0.270 e. The van der Waals surface area contributed by atoms with Crippen LogP contribution in [-0.4, -0.2) is 16.9 Å². The zero-order valence-corrected chi connectivity index (χ0v) is 19.5. The molecule has 0 aromatic heterocycles. The first kappa shape index (κ1) is 23.8. The van der Waals surface area contributed by atoms with E-state index in [-0.39, 0.29) is 38.8 Å². The minimum Gasteiger partial charge on any atom is -0.486 e. The number of nitrogens with zero attached hydrogens (tertiary/aromatic N) is 1. The highest BCUT2D eigenvalue weighted by Crippen LogP contribution is 2.36. The number of nitrogens with one attached hydrogen (secondary N) is 1. The zero-order valence-electron chi connectivity index (χ0n) is 17.2. The van der Waals surface area contributed by atoms with Crippen molar-refractivity contribution in [2.45, 2.75) is 6.61 Å². The predicted molar refractivity (Wildman–Crippen MR) is 130 cm³/mol. The Balaban J connectivity index is 1.63. The molecule has 0 radical (unpaired) electrons. The first-order valence-electron chi connectivity index (χ1n) is 9.77. The molecule has 0 unspecified atom stereocenters. The van der Waals surface area contributed by atoms with E-state index >= 15 is 0 Å². The van der Waals surface area contributed by atoms with E-state index in [0.717, 1.165) is 4.90 Å². The number of para-hydroxylation sites is 1. The van der Waals surface area contributed by atoms with Crippen molar-refractivity contribution in [3.8, 4) is 5.75 Å². The van der Waals surface area contributed by atoms with Crippen LogP contribution in [0.5, 0.6) is 5.75 Å². The van der Waals surface area contributed by atoms with Gasteiger partial charge in [0.1, 0.15) is 23.8 Å². The monoisotopic (exact) mass is 518 g/mol. The van der Waals surface area contributed by atoms with Gasteiger partial charge in [0.05, 0.1) is 15.7 Å². The molecule has 0 bridgehead atoms. The number of benzene rings is 3. The summed E-state index contributed by atoms with van der Waals surface area (Å²) in [6, 6.07) is 14.5. The lowest BCUT2D eigenvalue weighted by molar-refractivity contribution is -0.122. The lowest BCUT2D eigenvalue weighted by Gasteiger charge is -2.29. The summed E-state index contributed by atoms with van der Waals surface area (Å²) in [6.45, 7) is -0.109. The maximum Gasteiger partial charge on any atom is 0.270 e. The minimum atomic E-state index is -0.814. The summed E-state index contributed by atoms with van der Waals surface area (Å²) in [4.78, 5) is 26.4. The van der Waals surface area contributed by atoms with E-state index in [1.165, 1.54) is 48.5 Å². The van der Waals surface area contributed by atoms with E-state index in [1.807, 2.05) is 0 Å². The lowest BCUT2D eigenvalue weighted by atomic mass is 10.1.